The van der Waals surface area contributed by atoms with E-state index in [4.69, 9.17) is 23.8 Å². The Balaban J connectivity index is 2.14. The number of hydrogen-bond acceptors (Lipinski definition) is 3. The van der Waals surface area contributed by atoms with Gasteiger partial charge >= 0.3 is 0 Å². The number of ketones is 1. The SMILES string of the molecule is N#Cc1c(-c2ccc(Cl)cc2)c2c([nH]c1=S)-c1ccccc1C2=O. The van der Waals surface area contributed by atoms with Gasteiger partial charge in [-0.2, -0.15) is 5.26 Å². The van der Waals surface area contributed by atoms with Gasteiger partial charge < -0.3 is 4.98 Å². The van der Waals surface area contributed by atoms with Crippen LogP contribution in [0.4, 0.5) is 0 Å². The number of benzene rings is 2. The van der Waals surface area contributed by atoms with Gasteiger partial charge in [0.25, 0.3) is 0 Å². The van der Waals surface area contributed by atoms with E-state index in [2.05, 4.69) is 11.1 Å². The monoisotopic (exact) mass is 348 g/mol. The van der Waals surface area contributed by atoms with Crippen LogP contribution in [0.1, 0.15) is 21.5 Å². The van der Waals surface area contributed by atoms with Gasteiger partial charge in [0.1, 0.15) is 10.7 Å². The number of hydrogen-bond donors (Lipinski definition) is 1. The van der Waals surface area contributed by atoms with Crippen LogP contribution >= 0.6 is 23.8 Å². The summed E-state index contributed by atoms with van der Waals surface area (Å²) < 4.78 is 0.325. The lowest BCUT2D eigenvalue weighted by molar-refractivity contribution is 0.104. The quantitative estimate of drug-likeness (QED) is 0.484. The highest BCUT2D eigenvalue weighted by Crippen LogP contribution is 2.42. The number of halogens is 1. The molecule has 0 radical (unpaired) electrons. The number of nitriles is 1. The third kappa shape index (κ3) is 2.03. The molecule has 0 saturated carbocycles. The molecule has 0 spiro atoms. The van der Waals surface area contributed by atoms with Crippen molar-refractivity contribution in [3.63, 3.8) is 0 Å². The van der Waals surface area contributed by atoms with Gasteiger partial charge in [-0.15, -0.1) is 0 Å². The van der Waals surface area contributed by atoms with Crippen LogP contribution < -0.4 is 0 Å². The van der Waals surface area contributed by atoms with Gasteiger partial charge in [0, 0.05) is 21.7 Å². The van der Waals surface area contributed by atoms with Crippen LogP contribution in [0.2, 0.25) is 5.02 Å². The molecule has 1 aliphatic rings. The molecule has 114 valence electrons. The number of pyridine rings is 1. The molecule has 3 nitrogen and oxygen atoms in total. The Kier molecular flexibility index (Phi) is 3.34. The Bertz CT molecular complexity index is 1110. The number of H-pyrrole nitrogens is 1. The van der Waals surface area contributed by atoms with Gasteiger partial charge in [0.15, 0.2) is 5.78 Å². The maximum Gasteiger partial charge on any atom is 0.196 e. The molecule has 24 heavy (non-hydrogen) atoms. The van der Waals surface area contributed by atoms with Crippen molar-refractivity contribution in [2.24, 2.45) is 0 Å². The van der Waals surface area contributed by atoms with Crippen LogP contribution in [0.3, 0.4) is 0 Å². The second-order valence-electron chi connectivity index (χ2n) is 5.45. The fourth-order valence-electron chi connectivity index (χ4n) is 3.08. The molecule has 1 heterocycles. The van der Waals surface area contributed by atoms with E-state index >= 15 is 0 Å². The van der Waals surface area contributed by atoms with Gasteiger partial charge in [-0.25, -0.2) is 0 Å². The summed E-state index contributed by atoms with van der Waals surface area (Å²) in [5.74, 6) is -0.103. The molecule has 5 heteroatoms. The molecule has 1 aromatic heterocycles. The van der Waals surface area contributed by atoms with Crippen molar-refractivity contribution in [3.8, 4) is 28.5 Å². The lowest BCUT2D eigenvalue weighted by Gasteiger charge is -2.11. The molecular weight excluding hydrogens is 340 g/mol. The van der Waals surface area contributed by atoms with Crippen molar-refractivity contribution in [3.05, 3.63) is 74.9 Å². The third-order valence-corrected chi connectivity index (χ3v) is 4.69. The number of nitrogens with zero attached hydrogens (tertiary/aromatic N) is 1. The number of nitrogens with one attached hydrogen (secondary N) is 1. The minimum Gasteiger partial charge on any atom is -0.344 e. The second kappa shape index (κ2) is 5.41. The van der Waals surface area contributed by atoms with Crippen molar-refractivity contribution in [2.45, 2.75) is 0 Å². The molecule has 0 saturated heterocycles. The summed E-state index contributed by atoms with van der Waals surface area (Å²) >= 11 is 11.3. The van der Waals surface area contributed by atoms with Gasteiger partial charge in [-0.3, -0.25) is 4.79 Å². The standard InChI is InChI=1S/C19H9ClN2OS/c20-11-7-5-10(6-8-11)15-14(9-21)19(24)22-17-12-3-1-2-4-13(12)18(23)16(15)17/h1-8H,(H,22,24). The third-order valence-electron chi connectivity index (χ3n) is 4.13. The van der Waals surface area contributed by atoms with Crippen LogP contribution in [0.25, 0.3) is 22.4 Å². The topological polar surface area (TPSA) is 56.6 Å². The van der Waals surface area contributed by atoms with E-state index in [1.165, 1.54) is 0 Å². The normalized spacial score (nSPS) is 11.8. The summed E-state index contributed by atoms with van der Waals surface area (Å²) in [5.41, 5.74) is 4.19. The van der Waals surface area contributed by atoms with Gasteiger partial charge in [0.05, 0.1) is 16.8 Å². The van der Waals surface area contributed by atoms with Crippen LogP contribution in [0, 0.1) is 16.0 Å². The molecular formula is C19H9ClN2OS. The summed E-state index contributed by atoms with van der Waals surface area (Å²) in [6.07, 6.45) is 0. The highest BCUT2D eigenvalue weighted by Gasteiger charge is 2.32. The first-order valence-electron chi connectivity index (χ1n) is 7.22. The Morgan fingerprint density at radius 1 is 1.00 bits per heavy atom. The molecule has 1 aliphatic carbocycles. The molecule has 0 unspecified atom stereocenters. The summed E-state index contributed by atoms with van der Waals surface area (Å²) in [7, 11) is 0. The zero-order valence-electron chi connectivity index (χ0n) is 12.3. The average molecular weight is 349 g/mol. The number of aromatic nitrogens is 1. The fourth-order valence-corrected chi connectivity index (χ4v) is 3.45. The smallest absolute Gasteiger partial charge is 0.196 e. The van der Waals surface area contributed by atoms with Crippen LogP contribution in [0.5, 0.6) is 0 Å². The molecule has 0 fully saturated rings. The van der Waals surface area contributed by atoms with E-state index in [-0.39, 0.29) is 5.78 Å². The minimum absolute atomic E-state index is 0.103. The largest absolute Gasteiger partial charge is 0.344 e. The van der Waals surface area contributed by atoms with E-state index in [1.807, 2.05) is 18.2 Å². The molecule has 4 rings (SSSR count). The van der Waals surface area contributed by atoms with Crippen molar-refractivity contribution in [2.75, 3.05) is 0 Å². The first-order chi connectivity index (χ1) is 11.6. The van der Waals surface area contributed by atoms with Crippen molar-refractivity contribution in [1.29, 1.82) is 5.26 Å². The highest BCUT2D eigenvalue weighted by atomic mass is 35.5. The summed E-state index contributed by atoms with van der Waals surface area (Å²) in [6, 6.07) is 16.5. The predicted octanol–water partition coefficient (Wildman–Crippen LogP) is 5.15. The Morgan fingerprint density at radius 2 is 1.67 bits per heavy atom. The van der Waals surface area contributed by atoms with Crippen LogP contribution in [-0.4, -0.2) is 10.8 Å². The lowest BCUT2D eigenvalue weighted by Crippen LogP contribution is -2.02. The number of rotatable bonds is 1. The highest BCUT2D eigenvalue weighted by molar-refractivity contribution is 7.71. The Labute approximate surface area is 148 Å². The maximum atomic E-state index is 12.9. The van der Waals surface area contributed by atoms with E-state index in [0.29, 0.717) is 37.6 Å². The maximum absolute atomic E-state index is 12.9. The van der Waals surface area contributed by atoms with E-state index < -0.39 is 0 Å². The molecule has 0 bridgehead atoms. The first-order valence-corrected chi connectivity index (χ1v) is 8.01. The molecule has 3 aromatic rings. The molecule has 0 amide bonds. The van der Waals surface area contributed by atoms with Gasteiger partial charge in [-0.1, -0.05) is 60.2 Å². The average Bonchev–Trinajstić information content (AvgIpc) is 2.87. The van der Waals surface area contributed by atoms with Crippen LogP contribution in [0.15, 0.2) is 48.5 Å². The second-order valence-corrected chi connectivity index (χ2v) is 6.29. The summed E-state index contributed by atoms with van der Waals surface area (Å²) in [6.45, 7) is 0. The van der Waals surface area contributed by atoms with Crippen LogP contribution in [-0.2, 0) is 0 Å². The molecule has 2 aromatic carbocycles. The van der Waals surface area contributed by atoms with Crippen molar-refractivity contribution >= 4 is 29.6 Å². The van der Waals surface area contributed by atoms with E-state index in [9.17, 15) is 10.1 Å². The van der Waals surface area contributed by atoms with Crippen molar-refractivity contribution < 1.29 is 4.79 Å². The molecule has 1 N–H and O–H groups in total. The van der Waals surface area contributed by atoms with E-state index in [0.717, 1.165) is 11.1 Å². The number of carbonyl (C=O) groups excluding carboxylic acids is 1. The zero-order chi connectivity index (χ0) is 16.8. The predicted molar refractivity (Wildman–Crippen MR) is 95.7 cm³/mol. The van der Waals surface area contributed by atoms with Gasteiger partial charge in [0.2, 0.25) is 0 Å². The fraction of sp³-hybridized carbons (Fsp3) is 0. The van der Waals surface area contributed by atoms with Gasteiger partial charge in [-0.05, 0) is 17.7 Å². The summed E-state index contributed by atoms with van der Waals surface area (Å²) in [5, 5.41) is 10.2. The number of fused-ring (bicyclic) bond motifs is 3. The number of aromatic amines is 1. The van der Waals surface area contributed by atoms with E-state index in [1.54, 1.807) is 30.3 Å². The lowest BCUT2D eigenvalue weighted by atomic mass is 9.94. The first kappa shape index (κ1) is 14.8. The Morgan fingerprint density at radius 3 is 2.33 bits per heavy atom. The van der Waals surface area contributed by atoms with Crippen molar-refractivity contribution in [1.82, 2.24) is 4.98 Å². The molecule has 0 atom stereocenters. The Hall–Kier alpha value is -2.74. The number of carbonyl (C=O) groups is 1. The minimum atomic E-state index is -0.103. The zero-order valence-corrected chi connectivity index (χ0v) is 13.8. The summed E-state index contributed by atoms with van der Waals surface area (Å²) in [4.78, 5) is 16.0. The molecule has 0 aliphatic heterocycles.